The lowest BCUT2D eigenvalue weighted by Gasteiger charge is -2.30. The second-order valence-corrected chi connectivity index (χ2v) is 11.7. The highest BCUT2D eigenvalue weighted by molar-refractivity contribution is 6.12. The molecule has 0 saturated heterocycles. The van der Waals surface area contributed by atoms with Crippen LogP contribution < -0.4 is 0 Å². The lowest BCUT2D eigenvalue weighted by Crippen LogP contribution is -2.26. The Kier molecular flexibility index (Phi) is 4.65. The summed E-state index contributed by atoms with van der Waals surface area (Å²) in [5.74, 6) is 0. The van der Waals surface area contributed by atoms with Gasteiger partial charge in [-0.05, 0) is 92.5 Å². The van der Waals surface area contributed by atoms with Gasteiger partial charge in [-0.1, -0.05) is 91.0 Å². The third-order valence-corrected chi connectivity index (χ3v) is 9.61. The summed E-state index contributed by atoms with van der Waals surface area (Å²) in [5.41, 5.74) is 15.6. The van der Waals surface area contributed by atoms with Crippen LogP contribution in [0.5, 0.6) is 0 Å². The van der Waals surface area contributed by atoms with Crippen molar-refractivity contribution in [2.45, 2.75) is 5.41 Å². The van der Waals surface area contributed by atoms with Gasteiger partial charge >= 0.3 is 0 Å². The van der Waals surface area contributed by atoms with E-state index in [0.29, 0.717) is 0 Å². The van der Waals surface area contributed by atoms with Crippen molar-refractivity contribution in [3.8, 4) is 44.8 Å². The number of benzene rings is 5. The minimum Gasteiger partial charge on any atom is -0.456 e. The Morgan fingerprint density at radius 1 is 0.455 bits per heavy atom. The Morgan fingerprint density at radius 3 is 1.80 bits per heavy atom. The highest BCUT2D eigenvalue weighted by Gasteiger charge is 2.53. The number of hydrogen-bond donors (Lipinski definition) is 0. The Balaban J connectivity index is 1.25. The van der Waals surface area contributed by atoms with Crippen LogP contribution in [0, 0.1) is 0 Å². The van der Waals surface area contributed by atoms with Crippen molar-refractivity contribution >= 4 is 21.9 Å². The van der Waals surface area contributed by atoms with Crippen LogP contribution in [0.1, 0.15) is 22.3 Å². The molecule has 0 atom stereocenters. The Morgan fingerprint density at radius 2 is 1.09 bits per heavy atom. The molecule has 10 rings (SSSR count). The lowest BCUT2D eigenvalue weighted by molar-refractivity contribution is 0.652. The second kappa shape index (κ2) is 8.62. The van der Waals surface area contributed by atoms with Crippen LogP contribution in [0.3, 0.4) is 0 Å². The average molecular weight is 561 g/mol. The Labute approximate surface area is 254 Å². The zero-order valence-corrected chi connectivity index (χ0v) is 23.7. The summed E-state index contributed by atoms with van der Waals surface area (Å²) in [6.07, 6.45) is 3.66. The minimum absolute atomic E-state index is 0.446. The van der Waals surface area contributed by atoms with Crippen LogP contribution in [0.25, 0.3) is 66.7 Å². The van der Waals surface area contributed by atoms with Gasteiger partial charge in [-0.3, -0.25) is 9.97 Å². The van der Waals surface area contributed by atoms with Gasteiger partial charge in [0.25, 0.3) is 0 Å². The number of pyridine rings is 2. The van der Waals surface area contributed by atoms with E-state index in [-0.39, 0.29) is 0 Å². The van der Waals surface area contributed by atoms with Gasteiger partial charge in [0.2, 0.25) is 0 Å². The van der Waals surface area contributed by atoms with Gasteiger partial charge in [-0.2, -0.15) is 0 Å². The van der Waals surface area contributed by atoms with Gasteiger partial charge in [0.1, 0.15) is 11.2 Å². The molecule has 1 spiro atoms. The van der Waals surface area contributed by atoms with E-state index in [1.165, 1.54) is 44.5 Å². The van der Waals surface area contributed by atoms with Gasteiger partial charge in [0.15, 0.2) is 0 Å². The molecule has 3 heterocycles. The number of fused-ring (bicyclic) bond motifs is 14. The van der Waals surface area contributed by atoms with Crippen LogP contribution >= 0.6 is 0 Å². The summed E-state index contributed by atoms with van der Waals surface area (Å²) in [6, 6.07) is 47.9. The Bertz CT molecular complexity index is 2390. The van der Waals surface area contributed by atoms with Gasteiger partial charge < -0.3 is 4.42 Å². The standard InChI is InChI=1S/C41H24N2O/c1-4-12-33-27(9-1)28-10-2-5-13-34(28)41(33)35-14-6-3-11-29(35)30-17-18-31-32-23-25(16-19-38(32)44-40(31)39(30)41)26-20-22-43-37(24-26)36-15-7-8-21-42-36/h1-24H. The first-order valence-corrected chi connectivity index (χ1v) is 15.0. The minimum atomic E-state index is -0.446. The SMILES string of the molecule is c1ccc(-c2cc(-c3ccc4oc5c6c(ccc5c4c3)-c3ccccc3C63c4ccccc4-c4ccccc43)ccn2)nc1. The summed E-state index contributed by atoms with van der Waals surface area (Å²) in [5, 5.41) is 2.25. The van der Waals surface area contributed by atoms with Gasteiger partial charge in [0.05, 0.1) is 16.8 Å². The second-order valence-electron chi connectivity index (χ2n) is 11.7. The molecule has 3 aromatic heterocycles. The molecule has 3 nitrogen and oxygen atoms in total. The van der Waals surface area contributed by atoms with Crippen molar-refractivity contribution in [1.29, 1.82) is 0 Å². The number of rotatable bonds is 2. The van der Waals surface area contributed by atoms with E-state index in [4.69, 9.17) is 4.42 Å². The molecule has 5 aromatic carbocycles. The molecule has 0 saturated carbocycles. The van der Waals surface area contributed by atoms with Gasteiger partial charge in [-0.15, -0.1) is 0 Å². The van der Waals surface area contributed by atoms with Crippen molar-refractivity contribution in [1.82, 2.24) is 9.97 Å². The largest absolute Gasteiger partial charge is 0.456 e. The summed E-state index contributed by atoms with van der Waals surface area (Å²) in [7, 11) is 0. The highest BCUT2D eigenvalue weighted by Crippen LogP contribution is 2.64. The molecule has 44 heavy (non-hydrogen) atoms. The molecular formula is C41H24N2O. The third kappa shape index (κ3) is 2.96. The topological polar surface area (TPSA) is 38.9 Å². The molecule has 0 N–H and O–H groups in total. The van der Waals surface area contributed by atoms with Crippen molar-refractivity contribution in [2.24, 2.45) is 0 Å². The third-order valence-electron chi connectivity index (χ3n) is 9.61. The first kappa shape index (κ1) is 23.7. The molecule has 2 aliphatic carbocycles. The first-order chi connectivity index (χ1) is 21.8. The summed E-state index contributed by atoms with van der Waals surface area (Å²) >= 11 is 0. The average Bonchev–Trinajstić information content (AvgIpc) is 3.72. The molecule has 0 bridgehead atoms. The van der Waals surface area contributed by atoms with E-state index >= 15 is 0 Å². The van der Waals surface area contributed by atoms with E-state index in [9.17, 15) is 0 Å². The number of furan rings is 1. The molecular weight excluding hydrogens is 536 g/mol. The van der Waals surface area contributed by atoms with Crippen LogP contribution in [0.15, 0.2) is 150 Å². The van der Waals surface area contributed by atoms with Crippen LogP contribution in [-0.4, -0.2) is 9.97 Å². The highest BCUT2D eigenvalue weighted by atomic mass is 16.3. The predicted octanol–water partition coefficient (Wildman–Crippen LogP) is 10.1. The fraction of sp³-hybridized carbons (Fsp3) is 0.0244. The first-order valence-electron chi connectivity index (χ1n) is 15.0. The van der Waals surface area contributed by atoms with Crippen molar-refractivity contribution in [3.63, 3.8) is 0 Å². The summed E-state index contributed by atoms with van der Waals surface area (Å²) in [4.78, 5) is 9.10. The van der Waals surface area contributed by atoms with E-state index < -0.39 is 5.41 Å². The van der Waals surface area contributed by atoms with Crippen LogP contribution in [0.4, 0.5) is 0 Å². The molecule has 0 unspecified atom stereocenters. The maximum atomic E-state index is 6.90. The number of hydrogen-bond acceptors (Lipinski definition) is 3. The van der Waals surface area contributed by atoms with Crippen molar-refractivity contribution in [2.75, 3.05) is 0 Å². The fourth-order valence-corrected chi connectivity index (χ4v) is 7.86. The number of nitrogens with zero attached hydrogens (tertiary/aromatic N) is 2. The van der Waals surface area contributed by atoms with Gasteiger partial charge in [-0.25, -0.2) is 0 Å². The molecule has 2 aliphatic rings. The maximum absolute atomic E-state index is 6.90. The Hall–Kier alpha value is -5.80. The predicted molar refractivity (Wildman–Crippen MR) is 176 cm³/mol. The van der Waals surface area contributed by atoms with E-state index in [0.717, 1.165) is 44.5 Å². The summed E-state index contributed by atoms with van der Waals surface area (Å²) < 4.78 is 6.90. The van der Waals surface area contributed by atoms with E-state index in [2.05, 4.69) is 125 Å². The molecule has 8 aromatic rings. The van der Waals surface area contributed by atoms with Gasteiger partial charge in [0, 0.05) is 28.7 Å². The normalized spacial score (nSPS) is 13.6. The molecule has 204 valence electrons. The lowest BCUT2D eigenvalue weighted by atomic mass is 9.70. The van der Waals surface area contributed by atoms with Crippen molar-refractivity contribution < 1.29 is 4.42 Å². The monoisotopic (exact) mass is 560 g/mol. The van der Waals surface area contributed by atoms with E-state index in [1.54, 1.807) is 6.20 Å². The molecule has 0 aliphatic heterocycles. The number of aromatic nitrogens is 2. The van der Waals surface area contributed by atoms with E-state index in [1.807, 2.05) is 24.4 Å². The summed E-state index contributed by atoms with van der Waals surface area (Å²) in [6.45, 7) is 0. The van der Waals surface area contributed by atoms with Crippen LogP contribution in [-0.2, 0) is 5.41 Å². The zero-order chi connectivity index (χ0) is 28.8. The smallest absolute Gasteiger partial charge is 0.140 e. The fourth-order valence-electron chi connectivity index (χ4n) is 7.86. The van der Waals surface area contributed by atoms with Crippen molar-refractivity contribution in [3.05, 3.63) is 168 Å². The molecule has 0 amide bonds. The maximum Gasteiger partial charge on any atom is 0.140 e. The molecule has 0 fully saturated rings. The molecule has 3 heteroatoms. The van der Waals surface area contributed by atoms with Crippen LogP contribution in [0.2, 0.25) is 0 Å². The quantitative estimate of drug-likeness (QED) is 0.211. The molecule has 0 radical (unpaired) electrons. The zero-order valence-electron chi connectivity index (χ0n) is 23.7.